The first-order valence-electron chi connectivity index (χ1n) is 26.9. The smallest absolute Gasteiger partial charge is 0.164 e. The van der Waals surface area contributed by atoms with Crippen LogP contribution in [0.5, 0.6) is 0 Å². The number of rotatable bonds is 10. The Balaban J connectivity index is 1.10. The predicted molar refractivity (Wildman–Crippen MR) is 328 cm³/mol. The van der Waals surface area contributed by atoms with E-state index >= 15 is 0 Å². The minimum absolute atomic E-state index is 0.548. The molecule has 11 aromatic carbocycles. The first kappa shape index (κ1) is 46.4. The van der Waals surface area contributed by atoms with E-state index in [0.29, 0.717) is 23.3 Å². The number of nitrogens with zero attached hydrogens (tertiary/aromatic N) is 7. The quantitative estimate of drug-likeness (QED) is 0.136. The lowest BCUT2D eigenvalue weighted by molar-refractivity contribution is 1.07. The lowest BCUT2D eigenvalue weighted by Crippen LogP contribution is -2.03. The molecule has 0 spiro atoms. The van der Waals surface area contributed by atoms with Gasteiger partial charge in [0.2, 0.25) is 0 Å². The molecule has 7 nitrogen and oxygen atoms in total. The number of benzene rings is 11. The second kappa shape index (κ2) is 19.6. The number of hydrogen-bond acceptors (Lipinski definition) is 5. The summed E-state index contributed by atoms with van der Waals surface area (Å²) in [7, 11) is 0. The van der Waals surface area contributed by atoms with Crippen LogP contribution in [0.3, 0.4) is 0 Å². The normalized spacial score (nSPS) is 11.5. The first-order valence-corrected chi connectivity index (χ1v) is 26.9. The number of para-hydroxylation sites is 4. The monoisotopic (exact) mass is 1020 g/mol. The molecule has 374 valence electrons. The van der Waals surface area contributed by atoms with Crippen LogP contribution in [0.2, 0.25) is 0 Å². The summed E-state index contributed by atoms with van der Waals surface area (Å²) in [6.07, 6.45) is 0. The van der Waals surface area contributed by atoms with Crippen LogP contribution in [0.15, 0.2) is 285 Å². The molecule has 0 fully saturated rings. The Labute approximate surface area is 462 Å². The van der Waals surface area contributed by atoms with Crippen LogP contribution in [0.4, 0.5) is 0 Å². The summed E-state index contributed by atoms with van der Waals surface area (Å²) in [6, 6.07) is 100. The van der Waals surface area contributed by atoms with Gasteiger partial charge in [0.25, 0.3) is 0 Å². The zero-order valence-corrected chi connectivity index (χ0v) is 43.3. The molecule has 80 heavy (non-hydrogen) atoms. The maximum absolute atomic E-state index is 5.55. The van der Waals surface area contributed by atoms with Crippen molar-refractivity contribution in [2.45, 2.75) is 0 Å². The minimum Gasteiger partial charge on any atom is -0.309 e. The summed E-state index contributed by atoms with van der Waals surface area (Å²) in [5, 5.41) is 4.55. The Kier molecular flexibility index (Phi) is 11.4. The van der Waals surface area contributed by atoms with Crippen LogP contribution in [-0.4, -0.2) is 34.1 Å². The summed E-state index contributed by atoms with van der Waals surface area (Å²) < 4.78 is 4.73. The van der Waals surface area contributed by atoms with Crippen LogP contribution in [0.1, 0.15) is 0 Å². The van der Waals surface area contributed by atoms with Crippen LogP contribution in [0, 0.1) is 0 Å². The van der Waals surface area contributed by atoms with E-state index in [1.807, 2.05) is 60.7 Å². The largest absolute Gasteiger partial charge is 0.309 e. The predicted octanol–water partition coefficient (Wildman–Crippen LogP) is 18.2. The topological polar surface area (TPSA) is 74.3 Å². The van der Waals surface area contributed by atoms with Gasteiger partial charge in [-0.15, -0.1) is 0 Å². The van der Waals surface area contributed by atoms with Crippen molar-refractivity contribution in [2.24, 2.45) is 0 Å². The minimum atomic E-state index is 0.548. The highest BCUT2D eigenvalue weighted by atomic mass is 15.0. The highest BCUT2D eigenvalue weighted by molar-refractivity contribution is 6.14. The zero-order chi connectivity index (χ0) is 52.9. The number of aromatic nitrogens is 7. The molecule has 15 aromatic rings. The van der Waals surface area contributed by atoms with Crippen LogP contribution in [-0.2, 0) is 0 Å². The van der Waals surface area contributed by atoms with Crippen molar-refractivity contribution in [3.63, 3.8) is 0 Å². The molecule has 0 radical (unpaired) electrons. The van der Waals surface area contributed by atoms with Gasteiger partial charge in [0.1, 0.15) is 0 Å². The molecular formula is C73H47N7. The van der Waals surface area contributed by atoms with Crippen molar-refractivity contribution >= 4 is 43.6 Å². The third kappa shape index (κ3) is 8.12. The van der Waals surface area contributed by atoms with Gasteiger partial charge in [0.05, 0.1) is 33.5 Å². The van der Waals surface area contributed by atoms with E-state index in [4.69, 9.17) is 24.9 Å². The lowest BCUT2D eigenvalue weighted by atomic mass is 9.84. The van der Waals surface area contributed by atoms with Gasteiger partial charge in [-0.1, -0.05) is 212 Å². The zero-order valence-electron chi connectivity index (χ0n) is 43.3. The molecule has 0 aliphatic heterocycles. The lowest BCUT2D eigenvalue weighted by Gasteiger charge is -2.21. The molecular weight excluding hydrogens is 975 g/mol. The fourth-order valence-corrected chi connectivity index (χ4v) is 11.6. The highest BCUT2D eigenvalue weighted by Gasteiger charge is 2.26. The second-order valence-electron chi connectivity index (χ2n) is 20.0. The first-order chi connectivity index (χ1) is 39.7. The van der Waals surface area contributed by atoms with Gasteiger partial charge < -0.3 is 9.13 Å². The molecule has 0 aliphatic rings. The Morgan fingerprint density at radius 3 is 1.04 bits per heavy atom. The van der Waals surface area contributed by atoms with Crippen molar-refractivity contribution in [2.75, 3.05) is 0 Å². The van der Waals surface area contributed by atoms with E-state index in [9.17, 15) is 0 Å². The van der Waals surface area contributed by atoms with E-state index in [0.717, 1.165) is 122 Å². The van der Waals surface area contributed by atoms with Gasteiger partial charge in [-0.3, -0.25) is 0 Å². The molecule has 0 unspecified atom stereocenters. The van der Waals surface area contributed by atoms with Gasteiger partial charge >= 0.3 is 0 Å². The average molecular weight is 1020 g/mol. The molecule has 0 N–H and O–H groups in total. The highest BCUT2D eigenvalue weighted by Crippen LogP contribution is 2.48. The fourth-order valence-electron chi connectivity index (χ4n) is 11.6. The van der Waals surface area contributed by atoms with Crippen molar-refractivity contribution in [1.29, 1.82) is 0 Å². The second-order valence-corrected chi connectivity index (χ2v) is 20.0. The molecule has 4 aromatic heterocycles. The Bertz CT molecular complexity index is 4370. The SMILES string of the molecule is c1ccc(-c2cc(-c3ccc(-c4nc(-c5ccccc5)nc(-c5ccccc5)n4)c(-c4ccc5c(c4)c4ccccc4n5-c4ccccc4)c3-c3ccc4c(c3)c3ccccc3n4-c3ccccc3)nc(-c3ccccc3)n2)cc1. The third-order valence-corrected chi connectivity index (χ3v) is 15.2. The van der Waals surface area contributed by atoms with E-state index in [-0.39, 0.29) is 0 Å². The molecule has 15 rings (SSSR count). The Hall–Kier alpha value is -10.9. The Morgan fingerprint density at radius 1 is 0.212 bits per heavy atom. The number of fused-ring (bicyclic) bond motifs is 6. The third-order valence-electron chi connectivity index (χ3n) is 15.2. The fraction of sp³-hybridized carbons (Fsp3) is 0. The molecule has 0 saturated carbocycles. The molecule has 0 bridgehead atoms. The summed E-state index contributed by atoms with van der Waals surface area (Å²) >= 11 is 0. The summed E-state index contributed by atoms with van der Waals surface area (Å²) in [4.78, 5) is 26.9. The van der Waals surface area contributed by atoms with Gasteiger partial charge in [-0.05, 0) is 89.5 Å². The molecule has 0 aliphatic carbocycles. The van der Waals surface area contributed by atoms with Gasteiger partial charge in [-0.25, -0.2) is 24.9 Å². The van der Waals surface area contributed by atoms with E-state index < -0.39 is 0 Å². The Morgan fingerprint density at radius 2 is 0.562 bits per heavy atom. The van der Waals surface area contributed by atoms with Gasteiger partial charge in [0.15, 0.2) is 23.3 Å². The standard InChI is InChI=1S/C73H47N7/c1-7-23-48(24-8-1)62-47-63(75-70(74-62)49-25-9-2-10-26-49)58-41-42-59(73-77-71(50-27-11-3-12-28-50)76-72(78-73)51-29-13-4-14-30-51)69(53-40-44-67-61(46-53)57-36-20-22-38-65(57)80(67)55-33-17-6-18-34-55)68(58)52-39-43-66-60(45-52)56-35-19-21-37-64(56)79(66)54-31-15-5-16-32-54/h1-47H. The van der Waals surface area contributed by atoms with Gasteiger partial charge in [-0.2, -0.15) is 0 Å². The van der Waals surface area contributed by atoms with Crippen LogP contribution in [0.25, 0.3) is 145 Å². The molecule has 7 heteroatoms. The van der Waals surface area contributed by atoms with Crippen molar-refractivity contribution in [3.8, 4) is 102 Å². The van der Waals surface area contributed by atoms with E-state index in [1.54, 1.807) is 0 Å². The van der Waals surface area contributed by atoms with E-state index in [2.05, 4.69) is 234 Å². The van der Waals surface area contributed by atoms with Crippen LogP contribution < -0.4 is 0 Å². The summed E-state index contributed by atoms with van der Waals surface area (Å²) in [5.41, 5.74) is 17.7. The van der Waals surface area contributed by atoms with Gasteiger partial charge in [0, 0.05) is 71.9 Å². The van der Waals surface area contributed by atoms with E-state index in [1.165, 1.54) is 0 Å². The molecule has 0 saturated heterocycles. The summed E-state index contributed by atoms with van der Waals surface area (Å²) in [5.74, 6) is 2.34. The maximum Gasteiger partial charge on any atom is 0.164 e. The van der Waals surface area contributed by atoms with Crippen LogP contribution >= 0.6 is 0 Å². The maximum atomic E-state index is 5.55. The van der Waals surface area contributed by atoms with Crippen molar-refractivity contribution < 1.29 is 0 Å². The molecule has 0 amide bonds. The number of hydrogen-bond donors (Lipinski definition) is 0. The summed E-state index contributed by atoms with van der Waals surface area (Å²) in [6.45, 7) is 0. The van der Waals surface area contributed by atoms with Crippen molar-refractivity contribution in [3.05, 3.63) is 285 Å². The molecule has 0 atom stereocenters. The van der Waals surface area contributed by atoms with Crippen molar-refractivity contribution in [1.82, 2.24) is 34.1 Å². The average Bonchev–Trinajstić information content (AvgIpc) is 4.25. The molecule has 4 heterocycles.